The Labute approximate surface area is 164 Å². The number of hydrogen-bond acceptors (Lipinski definition) is 3. The number of Topliss-reactive ketones (excluding diaryl/α,β-unsaturated/α-hetero) is 1. The molecule has 0 amide bonds. The highest BCUT2D eigenvalue weighted by atomic mass is 16.5. The molecule has 0 bridgehead atoms. The second kappa shape index (κ2) is 10.1. The van der Waals surface area contributed by atoms with Crippen molar-refractivity contribution in [2.45, 2.75) is 72.3 Å². The van der Waals surface area contributed by atoms with E-state index in [9.17, 15) is 4.79 Å². The molecular weight excluding hydrogens is 336 g/mol. The first-order valence-electron chi connectivity index (χ1n) is 10.0. The molecule has 148 valence electrons. The van der Waals surface area contributed by atoms with Crippen LogP contribution in [0.2, 0.25) is 0 Å². The summed E-state index contributed by atoms with van der Waals surface area (Å²) >= 11 is 0. The van der Waals surface area contributed by atoms with Crippen LogP contribution in [0.3, 0.4) is 0 Å². The Hall–Kier alpha value is -1.63. The van der Waals surface area contributed by atoms with Crippen LogP contribution in [0.4, 0.5) is 0 Å². The average Bonchev–Trinajstić information content (AvgIpc) is 2.58. The summed E-state index contributed by atoms with van der Waals surface area (Å²) in [6.07, 6.45) is 5.68. The van der Waals surface area contributed by atoms with Crippen LogP contribution in [0.15, 0.2) is 12.1 Å². The molecule has 2 unspecified atom stereocenters. The molecule has 3 heteroatoms. The van der Waals surface area contributed by atoms with Gasteiger partial charge in [0.25, 0.3) is 0 Å². The van der Waals surface area contributed by atoms with Crippen LogP contribution in [0.5, 0.6) is 0 Å². The van der Waals surface area contributed by atoms with Crippen molar-refractivity contribution in [1.82, 2.24) is 0 Å². The molecule has 1 aromatic carbocycles. The van der Waals surface area contributed by atoms with Crippen molar-refractivity contribution < 1.29 is 14.3 Å². The molecular formula is C24H34O3. The molecule has 1 aliphatic rings. The number of ether oxygens (including phenoxy) is 2. The van der Waals surface area contributed by atoms with Gasteiger partial charge in [0.05, 0.1) is 19.3 Å². The lowest BCUT2D eigenvalue weighted by Gasteiger charge is -2.37. The Morgan fingerprint density at radius 3 is 2.59 bits per heavy atom. The van der Waals surface area contributed by atoms with Crippen LogP contribution < -0.4 is 0 Å². The summed E-state index contributed by atoms with van der Waals surface area (Å²) in [6, 6.07) is 4.18. The van der Waals surface area contributed by atoms with E-state index in [0.717, 1.165) is 47.9 Å². The number of rotatable bonds is 8. The van der Waals surface area contributed by atoms with Gasteiger partial charge in [-0.3, -0.25) is 4.79 Å². The quantitative estimate of drug-likeness (QED) is 0.488. The van der Waals surface area contributed by atoms with Crippen LogP contribution in [0, 0.1) is 31.1 Å². The van der Waals surface area contributed by atoms with Crippen molar-refractivity contribution in [2.24, 2.45) is 5.41 Å². The minimum absolute atomic E-state index is 0.0442. The summed E-state index contributed by atoms with van der Waals surface area (Å²) < 4.78 is 11.0. The fraction of sp³-hybridized carbons (Fsp3) is 0.625. The van der Waals surface area contributed by atoms with Gasteiger partial charge in [-0.2, -0.15) is 0 Å². The van der Waals surface area contributed by atoms with Gasteiger partial charge >= 0.3 is 0 Å². The zero-order chi connectivity index (χ0) is 19.9. The zero-order valence-electron chi connectivity index (χ0n) is 17.6. The third-order valence-electron chi connectivity index (χ3n) is 5.63. The first-order valence-corrected chi connectivity index (χ1v) is 10.0. The molecule has 1 fully saturated rings. The predicted octanol–water partition coefficient (Wildman–Crippen LogP) is 4.79. The van der Waals surface area contributed by atoms with Gasteiger partial charge < -0.3 is 9.47 Å². The van der Waals surface area contributed by atoms with Crippen LogP contribution in [0.1, 0.15) is 68.2 Å². The molecule has 0 saturated heterocycles. The number of methoxy groups -OCH3 is 1. The summed E-state index contributed by atoms with van der Waals surface area (Å²) in [6.45, 7) is 9.52. The van der Waals surface area contributed by atoms with E-state index in [1.54, 1.807) is 7.11 Å². The molecule has 1 saturated carbocycles. The molecule has 1 aromatic rings. The number of hydrogen-bond donors (Lipinski definition) is 0. The molecule has 2 rings (SSSR count). The first kappa shape index (κ1) is 21.7. The SMILES string of the molecule is CC#Cc1cc(C)c(CC(=O)CC2(C)CCCC(OCCOC)C2)c(C)c1. The molecule has 0 aromatic heterocycles. The van der Waals surface area contributed by atoms with Crippen LogP contribution >= 0.6 is 0 Å². The minimum atomic E-state index is 0.0442. The van der Waals surface area contributed by atoms with Crippen LogP contribution in [0.25, 0.3) is 0 Å². The molecule has 0 heterocycles. The van der Waals surface area contributed by atoms with Gasteiger partial charge in [-0.05, 0) is 74.3 Å². The maximum absolute atomic E-state index is 12.9. The maximum atomic E-state index is 12.9. The summed E-state index contributed by atoms with van der Waals surface area (Å²) in [4.78, 5) is 12.9. The molecule has 0 aliphatic heterocycles. The topological polar surface area (TPSA) is 35.5 Å². The van der Waals surface area contributed by atoms with E-state index in [-0.39, 0.29) is 11.5 Å². The maximum Gasteiger partial charge on any atom is 0.137 e. The fourth-order valence-corrected chi connectivity index (χ4v) is 4.34. The summed E-state index contributed by atoms with van der Waals surface area (Å²) in [7, 11) is 1.69. The number of ketones is 1. The molecule has 0 spiro atoms. The molecule has 3 nitrogen and oxygen atoms in total. The van der Waals surface area contributed by atoms with Crippen molar-refractivity contribution in [2.75, 3.05) is 20.3 Å². The second-order valence-electron chi connectivity index (χ2n) is 8.25. The van der Waals surface area contributed by atoms with Gasteiger partial charge in [-0.1, -0.05) is 19.3 Å². The van der Waals surface area contributed by atoms with E-state index in [4.69, 9.17) is 9.47 Å². The van der Waals surface area contributed by atoms with E-state index >= 15 is 0 Å². The standard InChI is InChI=1S/C24H34O3/c1-6-8-20-13-18(2)23(19(3)14-20)15-21(25)16-24(4)10-7-9-22(17-24)27-12-11-26-5/h13-14,22H,7,9-12,15-17H2,1-5H3. The Morgan fingerprint density at radius 1 is 1.26 bits per heavy atom. The van der Waals surface area contributed by atoms with Crippen molar-refractivity contribution in [1.29, 1.82) is 0 Å². The number of carbonyl (C=O) groups is 1. The second-order valence-corrected chi connectivity index (χ2v) is 8.25. The lowest BCUT2D eigenvalue weighted by Crippen LogP contribution is -2.33. The van der Waals surface area contributed by atoms with Gasteiger partial charge in [-0.15, -0.1) is 5.92 Å². The minimum Gasteiger partial charge on any atom is -0.382 e. The first-order chi connectivity index (χ1) is 12.9. The monoisotopic (exact) mass is 370 g/mol. The number of carbonyl (C=O) groups excluding carboxylic acids is 1. The predicted molar refractivity (Wildman–Crippen MR) is 110 cm³/mol. The van der Waals surface area contributed by atoms with Crippen molar-refractivity contribution in [3.63, 3.8) is 0 Å². The highest BCUT2D eigenvalue weighted by Gasteiger charge is 2.34. The van der Waals surface area contributed by atoms with Gasteiger partial charge in [0.2, 0.25) is 0 Å². The third-order valence-corrected chi connectivity index (χ3v) is 5.63. The summed E-state index contributed by atoms with van der Waals surface area (Å²) in [5.41, 5.74) is 4.56. The van der Waals surface area contributed by atoms with E-state index in [1.807, 2.05) is 6.92 Å². The lowest BCUT2D eigenvalue weighted by atomic mass is 9.71. The van der Waals surface area contributed by atoms with E-state index < -0.39 is 0 Å². The van der Waals surface area contributed by atoms with Crippen molar-refractivity contribution in [3.05, 3.63) is 34.4 Å². The number of benzene rings is 1. The highest BCUT2D eigenvalue weighted by Crippen LogP contribution is 2.40. The molecule has 1 aliphatic carbocycles. The van der Waals surface area contributed by atoms with Crippen LogP contribution in [-0.4, -0.2) is 32.2 Å². The van der Waals surface area contributed by atoms with Gasteiger partial charge in [0.15, 0.2) is 0 Å². The molecule has 27 heavy (non-hydrogen) atoms. The third kappa shape index (κ3) is 6.48. The van der Waals surface area contributed by atoms with Crippen LogP contribution in [-0.2, 0) is 20.7 Å². The van der Waals surface area contributed by atoms with E-state index in [2.05, 4.69) is 44.7 Å². The summed E-state index contributed by atoms with van der Waals surface area (Å²) in [5, 5.41) is 0. The summed E-state index contributed by atoms with van der Waals surface area (Å²) in [5.74, 6) is 6.38. The van der Waals surface area contributed by atoms with Gasteiger partial charge in [-0.25, -0.2) is 0 Å². The Kier molecular flexibility index (Phi) is 8.07. The Balaban J connectivity index is 1.99. The molecule has 0 radical (unpaired) electrons. The fourth-order valence-electron chi connectivity index (χ4n) is 4.34. The Morgan fingerprint density at radius 2 is 1.96 bits per heavy atom. The van der Waals surface area contributed by atoms with E-state index in [0.29, 0.717) is 31.8 Å². The molecule has 0 N–H and O–H groups in total. The molecule has 2 atom stereocenters. The number of aryl methyl sites for hydroxylation is 2. The van der Waals surface area contributed by atoms with E-state index in [1.165, 1.54) is 0 Å². The zero-order valence-corrected chi connectivity index (χ0v) is 17.6. The van der Waals surface area contributed by atoms with Gasteiger partial charge in [0, 0.05) is 25.5 Å². The average molecular weight is 371 g/mol. The van der Waals surface area contributed by atoms with Gasteiger partial charge in [0.1, 0.15) is 5.78 Å². The normalized spacial score (nSPS) is 22.2. The lowest BCUT2D eigenvalue weighted by molar-refractivity contribution is -0.122. The van der Waals surface area contributed by atoms with Crippen molar-refractivity contribution in [3.8, 4) is 11.8 Å². The Bertz CT molecular complexity index is 687. The van der Waals surface area contributed by atoms with Crippen molar-refractivity contribution >= 4 is 5.78 Å². The largest absolute Gasteiger partial charge is 0.382 e. The highest BCUT2D eigenvalue weighted by molar-refractivity contribution is 5.82. The smallest absolute Gasteiger partial charge is 0.137 e.